The first kappa shape index (κ1) is 17.9. The lowest BCUT2D eigenvalue weighted by molar-refractivity contribution is -0.131. The van der Waals surface area contributed by atoms with E-state index in [9.17, 15) is 13.6 Å². The van der Waals surface area contributed by atoms with E-state index in [2.05, 4.69) is 5.32 Å². The lowest BCUT2D eigenvalue weighted by Crippen LogP contribution is -2.62. The van der Waals surface area contributed by atoms with E-state index in [1.54, 1.807) is 6.07 Å². The Hall–Kier alpha value is -1.49. The number of hydrogen-bond acceptors (Lipinski definition) is 2. The first-order valence-electron chi connectivity index (χ1n) is 9.80. The van der Waals surface area contributed by atoms with Crippen LogP contribution in [0.3, 0.4) is 0 Å². The van der Waals surface area contributed by atoms with Gasteiger partial charge in [0.2, 0.25) is 5.91 Å². The smallest absolute Gasteiger partial charge is 0.237 e. The van der Waals surface area contributed by atoms with Crippen molar-refractivity contribution in [2.45, 2.75) is 63.6 Å². The van der Waals surface area contributed by atoms with E-state index in [4.69, 9.17) is 0 Å². The highest BCUT2D eigenvalue weighted by molar-refractivity contribution is 5.82. The minimum Gasteiger partial charge on any atom is -0.349 e. The summed E-state index contributed by atoms with van der Waals surface area (Å²) in [6.07, 6.45) is 7.43. The lowest BCUT2D eigenvalue weighted by Gasteiger charge is -2.57. The Bertz CT molecular complexity index is 670. The van der Waals surface area contributed by atoms with Crippen LogP contribution in [0.25, 0.3) is 0 Å². The van der Waals surface area contributed by atoms with Gasteiger partial charge in [0.15, 0.2) is 11.6 Å². The summed E-state index contributed by atoms with van der Waals surface area (Å²) >= 11 is 0. The fourth-order valence-corrected chi connectivity index (χ4v) is 5.89. The monoisotopic (exact) mass is 362 g/mol. The molecule has 5 rings (SSSR count). The molecule has 1 unspecified atom stereocenters. The molecule has 0 radical (unpaired) electrons. The average molecular weight is 362 g/mol. The molecule has 1 N–H and O–H groups in total. The number of amides is 1. The predicted molar refractivity (Wildman–Crippen MR) is 96.3 cm³/mol. The van der Waals surface area contributed by atoms with Gasteiger partial charge < -0.3 is 5.32 Å². The van der Waals surface area contributed by atoms with Gasteiger partial charge in [-0.15, -0.1) is 0 Å². The maximum absolute atomic E-state index is 13.4. The van der Waals surface area contributed by atoms with E-state index in [1.807, 2.05) is 18.9 Å². The molecule has 4 saturated carbocycles. The number of benzene rings is 1. The summed E-state index contributed by atoms with van der Waals surface area (Å²) in [5.41, 5.74) is 0.670. The second-order valence-corrected chi connectivity index (χ2v) is 9.03. The summed E-state index contributed by atoms with van der Waals surface area (Å²) in [4.78, 5) is 14.8. The van der Waals surface area contributed by atoms with Gasteiger partial charge in [-0.05, 0) is 87.9 Å². The first-order chi connectivity index (χ1) is 12.3. The Morgan fingerprint density at radius 3 is 2.27 bits per heavy atom. The third-order valence-corrected chi connectivity index (χ3v) is 6.88. The molecule has 1 aromatic rings. The van der Waals surface area contributed by atoms with Gasteiger partial charge in [0.1, 0.15) is 0 Å². The Balaban J connectivity index is 1.39. The Morgan fingerprint density at radius 2 is 1.73 bits per heavy atom. The summed E-state index contributed by atoms with van der Waals surface area (Å²) < 4.78 is 26.5. The molecule has 1 amide bonds. The van der Waals surface area contributed by atoms with Crippen molar-refractivity contribution in [3.05, 3.63) is 35.4 Å². The second kappa shape index (κ2) is 6.59. The summed E-state index contributed by atoms with van der Waals surface area (Å²) in [5, 5.41) is 3.40. The van der Waals surface area contributed by atoms with Crippen molar-refractivity contribution in [2.24, 2.45) is 17.8 Å². The minimum atomic E-state index is -0.846. The van der Waals surface area contributed by atoms with Crippen LogP contribution < -0.4 is 5.32 Å². The van der Waals surface area contributed by atoms with E-state index in [0.717, 1.165) is 43.1 Å². The molecule has 0 aliphatic heterocycles. The maximum atomic E-state index is 13.4. The van der Waals surface area contributed by atoms with E-state index in [0.29, 0.717) is 12.1 Å². The van der Waals surface area contributed by atoms with E-state index >= 15 is 0 Å². The highest BCUT2D eigenvalue weighted by Crippen LogP contribution is 2.55. The van der Waals surface area contributed by atoms with Crippen molar-refractivity contribution in [3.8, 4) is 0 Å². The van der Waals surface area contributed by atoms with Crippen LogP contribution in [0.5, 0.6) is 0 Å². The van der Waals surface area contributed by atoms with Gasteiger partial charge >= 0.3 is 0 Å². The topological polar surface area (TPSA) is 32.3 Å². The molecule has 142 valence electrons. The SMILES string of the molecule is CC(C(=O)NC12CC3CC(CC(C3)C1)C2)N(C)Cc1ccc(F)c(F)c1. The molecule has 5 heteroatoms. The summed E-state index contributed by atoms with van der Waals surface area (Å²) in [6.45, 7) is 2.29. The average Bonchev–Trinajstić information content (AvgIpc) is 2.55. The number of likely N-dealkylation sites (N-methyl/N-ethyl adjacent to an activating group) is 1. The first-order valence-corrected chi connectivity index (χ1v) is 9.80. The molecule has 4 fully saturated rings. The van der Waals surface area contributed by atoms with Crippen molar-refractivity contribution >= 4 is 5.91 Å². The molecule has 0 heterocycles. The van der Waals surface area contributed by atoms with Crippen molar-refractivity contribution in [2.75, 3.05) is 7.05 Å². The number of hydrogen-bond donors (Lipinski definition) is 1. The molecule has 4 bridgehead atoms. The van der Waals surface area contributed by atoms with Crippen molar-refractivity contribution in [3.63, 3.8) is 0 Å². The van der Waals surface area contributed by atoms with Crippen LogP contribution in [0.4, 0.5) is 8.78 Å². The van der Waals surface area contributed by atoms with Gasteiger partial charge in [0.05, 0.1) is 6.04 Å². The van der Waals surface area contributed by atoms with Crippen LogP contribution in [0.1, 0.15) is 51.0 Å². The van der Waals surface area contributed by atoms with Crippen LogP contribution in [0, 0.1) is 29.4 Å². The van der Waals surface area contributed by atoms with E-state index in [1.165, 1.54) is 25.3 Å². The van der Waals surface area contributed by atoms with Crippen molar-refractivity contribution < 1.29 is 13.6 Å². The molecule has 26 heavy (non-hydrogen) atoms. The number of carbonyl (C=O) groups is 1. The zero-order valence-corrected chi connectivity index (χ0v) is 15.6. The third kappa shape index (κ3) is 3.38. The summed E-state index contributed by atoms with van der Waals surface area (Å²) in [6, 6.07) is 3.60. The van der Waals surface area contributed by atoms with Crippen LogP contribution in [0.2, 0.25) is 0 Å². The highest BCUT2D eigenvalue weighted by Gasteiger charge is 2.51. The van der Waals surface area contributed by atoms with Crippen LogP contribution in [0.15, 0.2) is 18.2 Å². The van der Waals surface area contributed by atoms with Crippen LogP contribution in [-0.4, -0.2) is 29.4 Å². The number of nitrogens with one attached hydrogen (secondary N) is 1. The standard InChI is InChI=1S/C21H28F2N2O/c1-13(25(2)12-14-3-4-18(22)19(23)8-14)20(26)24-21-9-15-5-16(10-21)7-17(6-15)11-21/h3-4,8,13,15-17H,5-7,9-12H2,1-2H3,(H,24,26). The molecule has 4 aliphatic carbocycles. The Labute approximate surface area is 154 Å². The Morgan fingerprint density at radius 1 is 1.15 bits per heavy atom. The largest absolute Gasteiger partial charge is 0.349 e. The van der Waals surface area contributed by atoms with E-state index in [-0.39, 0.29) is 17.5 Å². The van der Waals surface area contributed by atoms with Crippen LogP contribution in [-0.2, 0) is 11.3 Å². The van der Waals surface area contributed by atoms with Gasteiger partial charge in [0, 0.05) is 12.1 Å². The predicted octanol–water partition coefficient (Wildman–Crippen LogP) is 3.87. The third-order valence-electron chi connectivity index (χ3n) is 6.88. The molecular formula is C21H28F2N2O. The van der Waals surface area contributed by atoms with Gasteiger partial charge in [0.25, 0.3) is 0 Å². The summed E-state index contributed by atoms with van der Waals surface area (Å²) in [5.74, 6) is 0.730. The zero-order valence-electron chi connectivity index (χ0n) is 15.6. The van der Waals surface area contributed by atoms with Gasteiger partial charge in [-0.1, -0.05) is 6.07 Å². The Kier molecular flexibility index (Phi) is 4.54. The van der Waals surface area contributed by atoms with Gasteiger partial charge in [-0.3, -0.25) is 9.69 Å². The molecule has 4 aliphatic rings. The number of halogens is 2. The molecule has 0 saturated heterocycles. The maximum Gasteiger partial charge on any atom is 0.237 e. The number of rotatable bonds is 5. The molecule has 0 aromatic heterocycles. The molecule has 3 nitrogen and oxygen atoms in total. The quantitative estimate of drug-likeness (QED) is 0.862. The molecular weight excluding hydrogens is 334 g/mol. The normalized spacial score (nSPS) is 33.5. The van der Waals surface area contributed by atoms with E-state index < -0.39 is 11.6 Å². The zero-order chi connectivity index (χ0) is 18.5. The highest BCUT2D eigenvalue weighted by atomic mass is 19.2. The second-order valence-electron chi connectivity index (χ2n) is 9.03. The summed E-state index contributed by atoms with van der Waals surface area (Å²) in [7, 11) is 1.85. The van der Waals surface area contributed by atoms with Gasteiger partial charge in [-0.2, -0.15) is 0 Å². The van der Waals surface area contributed by atoms with Crippen molar-refractivity contribution in [1.82, 2.24) is 10.2 Å². The molecule has 1 aromatic carbocycles. The van der Waals surface area contributed by atoms with Gasteiger partial charge in [-0.25, -0.2) is 8.78 Å². The molecule has 0 spiro atoms. The minimum absolute atomic E-state index is 0.00289. The van der Waals surface area contributed by atoms with Crippen LogP contribution >= 0.6 is 0 Å². The number of nitrogens with zero attached hydrogens (tertiary/aromatic N) is 1. The molecule has 1 atom stereocenters. The number of carbonyl (C=O) groups excluding carboxylic acids is 1. The fraction of sp³-hybridized carbons (Fsp3) is 0.667. The fourth-order valence-electron chi connectivity index (χ4n) is 5.89. The lowest BCUT2D eigenvalue weighted by atomic mass is 9.53. The van der Waals surface area contributed by atoms with Crippen molar-refractivity contribution in [1.29, 1.82) is 0 Å².